The standard InChI is InChI=1S/C36H51N10O12PS/c1-20(2)13-46-14-29(48)41-26(10-23-12-38-19-40-23)34(52)42-27(16-47)35(53)44-32(21(3)58-59(55,56)57)36(54)43-28(33(37)51)17-60-18-31(50)45(15-30(46)49)9-8-22-11-39-25-7-5-4-6-24(22)25/h4-7,11-12,19-21,26-28,32,39,47H,8-10,13-18H2,1-3H3,(H2,37,51)(H,38,40)(H,41,48)(H,42,52)(H,43,54)(H,44,53)(H2,55,56,57)/t21-,26+,27+,28-,32+/m1/s1. The quantitative estimate of drug-likeness (QED) is 0.0853. The molecule has 1 saturated heterocycles. The van der Waals surface area contributed by atoms with Crippen molar-refractivity contribution in [2.45, 2.75) is 63.9 Å². The molecule has 22 nitrogen and oxygen atoms in total. The van der Waals surface area contributed by atoms with Crippen LogP contribution in [-0.4, -0.2) is 156 Å². The summed E-state index contributed by atoms with van der Waals surface area (Å²) in [5, 5.41) is 20.4. The third-order valence-electron chi connectivity index (χ3n) is 9.25. The Kier molecular flexibility index (Phi) is 17.2. The van der Waals surface area contributed by atoms with E-state index in [1.54, 1.807) is 6.20 Å². The fourth-order valence-corrected chi connectivity index (χ4v) is 7.80. The third-order valence-corrected chi connectivity index (χ3v) is 10.9. The summed E-state index contributed by atoms with van der Waals surface area (Å²) in [7, 11) is -5.28. The van der Waals surface area contributed by atoms with Crippen molar-refractivity contribution in [1.82, 2.24) is 46.0 Å². The van der Waals surface area contributed by atoms with E-state index in [0.717, 1.165) is 35.2 Å². The predicted octanol–water partition coefficient (Wildman–Crippen LogP) is -2.35. The Morgan fingerprint density at radius 3 is 2.32 bits per heavy atom. The number of aliphatic hydroxyl groups is 1. The number of nitrogens with zero attached hydrogens (tertiary/aromatic N) is 3. The van der Waals surface area contributed by atoms with Gasteiger partial charge in [-0.2, -0.15) is 0 Å². The fourth-order valence-electron chi connectivity index (χ4n) is 6.29. The van der Waals surface area contributed by atoms with Gasteiger partial charge >= 0.3 is 7.82 Å². The number of H-pyrrole nitrogens is 2. The molecule has 0 saturated carbocycles. The number of phosphoric ester groups is 1. The lowest BCUT2D eigenvalue weighted by Crippen LogP contribution is -2.62. The van der Waals surface area contributed by atoms with E-state index in [1.807, 2.05) is 38.1 Å². The molecule has 4 rings (SSSR count). The van der Waals surface area contributed by atoms with E-state index in [9.17, 15) is 53.0 Å². The van der Waals surface area contributed by atoms with Crippen LogP contribution in [-0.2, 0) is 55.5 Å². The van der Waals surface area contributed by atoms with E-state index < -0.39 is 99.1 Å². The van der Waals surface area contributed by atoms with E-state index >= 15 is 0 Å². The normalized spacial score (nSPS) is 21.9. The van der Waals surface area contributed by atoms with E-state index in [1.165, 1.54) is 22.3 Å². The van der Waals surface area contributed by atoms with Crippen LogP contribution in [0.15, 0.2) is 43.0 Å². The molecule has 1 aromatic carbocycles. The van der Waals surface area contributed by atoms with Crippen molar-refractivity contribution in [3.63, 3.8) is 0 Å². The molecule has 0 bridgehead atoms. The zero-order valence-electron chi connectivity index (χ0n) is 33.2. The highest BCUT2D eigenvalue weighted by atomic mass is 32.2. The molecule has 11 N–H and O–H groups in total. The molecular formula is C36H51N10O12PS. The Hall–Kier alpha value is -5.32. The third kappa shape index (κ3) is 14.2. The van der Waals surface area contributed by atoms with Crippen molar-refractivity contribution in [3.8, 4) is 0 Å². The van der Waals surface area contributed by atoms with Gasteiger partial charge in [-0.15, -0.1) is 11.8 Å². The minimum Gasteiger partial charge on any atom is -0.394 e. The lowest BCUT2D eigenvalue weighted by Gasteiger charge is -2.29. The molecule has 0 radical (unpaired) electrons. The van der Waals surface area contributed by atoms with Crippen LogP contribution < -0.4 is 27.0 Å². The number of primary amides is 1. The Balaban J connectivity index is 1.71. The van der Waals surface area contributed by atoms with E-state index in [2.05, 4.69) is 40.7 Å². The van der Waals surface area contributed by atoms with Gasteiger partial charge in [0.2, 0.25) is 41.4 Å². The summed E-state index contributed by atoms with van der Waals surface area (Å²) in [4.78, 5) is 126. The number of aromatic amines is 2. The van der Waals surface area contributed by atoms with Crippen molar-refractivity contribution < 1.29 is 57.5 Å². The van der Waals surface area contributed by atoms with Crippen LogP contribution in [0, 0.1) is 5.92 Å². The molecule has 1 aliphatic heterocycles. The molecule has 3 aromatic rings. The number of benzene rings is 1. The van der Waals surface area contributed by atoms with Crippen LogP contribution in [0.3, 0.4) is 0 Å². The summed E-state index contributed by atoms with van der Waals surface area (Å²) >= 11 is 0.888. The molecule has 24 heteroatoms. The average molecular weight is 879 g/mol. The number of fused-ring (bicyclic) bond motifs is 1. The number of hydrogen-bond acceptors (Lipinski definition) is 12. The lowest BCUT2D eigenvalue weighted by atomic mass is 10.1. The van der Waals surface area contributed by atoms with Gasteiger partial charge in [0.15, 0.2) is 0 Å². The van der Waals surface area contributed by atoms with Gasteiger partial charge in [-0.3, -0.25) is 38.1 Å². The Morgan fingerprint density at radius 2 is 1.67 bits per heavy atom. The van der Waals surface area contributed by atoms with Crippen molar-refractivity contribution in [3.05, 3.63) is 54.2 Å². The van der Waals surface area contributed by atoms with Crippen LogP contribution in [0.1, 0.15) is 32.0 Å². The molecule has 1 fully saturated rings. The molecule has 0 aliphatic carbocycles. The van der Waals surface area contributed by atoms with Crippen LogP contribution in [0.25, 0.3) is 10.9 Å². The minimum atomic E-state index is -5.28. The molecule has 7 amide bonds. The number of nitrogens with two attached hydrogens (primary N) is 1. The van der Waals surface area contributed by atoms with Gasteiger partial charge in [0.1, 0.15) is 24.2 Å². The molecular weight excluding hydrogens is 827 g/mol. The first-order chi connectivity index (χ1) is 28.3. The molecule has 1 aliphatic rings. The summed E-state index contributed by atoms with van der Waals surface area (Å²) in [6.07, 6.45) is 2.88. The number of aromatic nitrogens is 3. The molecule has 3 heterocycles. The maximum absolute atomic E-state index is 14.0. The maximum atomic E-state index is 14.0. The highest BCUT2D eigenvalue weighted by Gasteiger charge is 2.37. The van der Waals surface area contributed by atoms with E-state index in [-0.39, 0.29) is 36.9 Å². The second-order valence-corrected chi connectivity index (χ2v) is 16.7. The molecule has 0 unspecified atom stereocenters. The second kappa shape index (κ2) is 21.8. The van der Waals surface area contributed by atoms with Crippen molar-refractivity contribution >= 4 is 71.8 Å². The number of amides is 7. The van der Waals surface area contributed by atoms with Crippen LogP contribution in [0.5, 0.6) is 0 Å². The SMILES string of the molecule is CC(C)CN1CC(=O)N[C@@H](Cc2cnc[nH]2)C(=O)N[C@@H](CO)C(=O)N[C@@H]([C@@H](C)OP(=O)(O)O)C(=O)N[C@@H](C(N)=O)CSCC(=O)N(CCc2c[nH]c3ccccc23)CC1=O. The number of phosphoric acid groups is 1. The fraction of sp³-hybridized carbons (Fsp3) is 0.500. The van der Waals surface area contributed by atoms with Crippen LogP contribution >= 0.6 is 19.6 Å². The van der Waals surface area contributed by atoms with Gasteiger partial charge in [0.25, 0.3) is 0 Å². The second-order valence-electron chi connectivity index (χ2n) is 14.5. The first kappa shape index (κ1) is 47.4. The highest BCUT2D eigenvalue weighted by Crippen LogP contribution is 2.38. The molecule has 0 spiro atoms. The van der Waals surface area contributed by atoms with Gasteiger partial charge in [0.05, 0.1) is 37.9 Å². The summed E-state index contributed by atoms with van der Waals surface area (Å²) in [5.74, 6) is -7.07. The first-order valence-corrected chi connectivity index (χ1v) is 21.5. The summed E-state index contributed by atoms with van der Waals surface area (Å²) in [6, 6.07) is 0.871. The zero-order chi connectivity index (χ0) is 44.1. The predicted molar refractivity (Wildman–Crippen MR) is 216 cm³/mol. The number of hydrogen-bond donors (Lipinski definition) is 10. The minimum absolute atomic E-state index is 0.0714. The molecule has 328 valence electrons. The van der Waals surface area contributed by atoms with Gasteiger partial charge < -0.3 is 61.7 Å². The van der Waals surface area contributed by atoms with Crippen molar-refractivity contribution in [2.24, 2.45) is 11.7 Å². The average Bonchev–Trinajstić information content (AvgIpc) is 3.85. The van der Waals surface area contributed by atoms with Gasteiger partial charge in [-0.25, -0.2) is 9.55 Å². The number of rotatable bonds is 12. The number of carbonyl (C=O) groups is 7. The Bertz CT molecular complexity index is 2040. The summed E-state index contributed by atoms with van der Waals surface area (Å²) < 4.78 is 16.4. The number of thioether (sulfide) groups is 1. The van der Waals surface area contributed by atoms with Crippen LogP contribution in [0.4, 0.5) is 0 Å². The van der Waals surface area contributed by atoms with Gasteiger partial charge in [-0.05, 0) is 30.9 Å². The molecule has 60 heavy (non-hydrogen) atoms. The summed E-state index contributed by atoms with van der Waals surface area (Å²) in [5.41, 5.74) is 7.71. The first-order valence-electron chi connectivity index (χ1n) is 18.8. The Labute approximate surface area is 348 Å². The summed E-state index contributed by atoms with van der Waals surface area (Å²) in [6.45, 7) is 2.84. The lowest BCUT2D eigenvalue weighted by molar-refractivity contribution is -0.142. The number of nitrogens with one attached hydrogen (secondary N) is 6. The van der Waals surface area contributed by atoms with Gasteiger partial charge in [-0.1, -0.05) is 32.0 Å². The maximum Gasteiger partial charge on any atom is 0.469 e. The smallest absolute Gasteiger partial charge is 0.394 e. The largest absolute Gasteiger partial charge is 0.469 e. The monoisotopic (exact) mass is 878 g/mol. The van der Waals surface area contributed by atoms with E-state index in [4.69, 9.17) is 5.73 Å². The number of aliphatic hydroxyl groups excluding tert-OH is 1. The zero-order valence-corrected chi connectivity index (χ0v) is 34.9. The Morgan fingerprint density at radius 1 is 0.950 bits per heavy atom. The molecule has 2 aromatic heterocycles. The van der Waals surface area contributed by atoms with Crippen LogP contribution in [0.2, 0.25) is 0 Å². The van der Waals surface area contributed by atoms with E-state index in [0.29, 0.717) is 12.1 Å². The number of carbonyl (C=O) groups excluding carboxylic acids is 7. The number of imidazole rings is 1. The highest BCUT2D eigenvalue weighted by molar-refractivity contribution is 8.00. The van der Waals surface area contributed by atoms with Crippen molar-refractivity contribution in [1.29, 1.82) is 0 Å². The molecule has 5 atom stereocenters. The van der Waals surface area contributed by atoms with Crippen molar-refractivity contribution in [2.75, 3.05) is 44.3 Å². The topological polar surface area (TPSA) is 332 Å². The number of para-hydroxylation sites is 1. The van der Waals surface area contributed by atoms with Gasteiger partial charge in [0, 0.05) is 54.3 Å².